The maximum absolute atomic E-state index is 12.7. The summed E-state index contributed by atoms with van der Waals surface area (Å²) in [5.41, 5.74) is 2.47. The number of nitrogens with one attached hydrogen (secondary N) is 1. The van der Waals surface area contributed by atoms with E-state index in [4.69, 9.17) is 0 Å². The van der Waals surface area contributed by atoms with Crippen LogP contribution in [-0.2, 0) is 26.1 Å². The summed E-state index contributed by atoms with van der Waals surface area (Å²) < 4.78 is 2.04. The van der Waals surface area contributed by atoms with Gasteiger partial charge < -0.3 is 9.88 Å². The molecule has 2 aliphatic rings. The fourth-order valence-corrected chi connectivity index (χ4v) is 5.08. The third-order valence-corrected chi connectivity index (χ3v) is 6.56. The highest BCUT2D eigenvalue weighted by Crippen LogP contribution is 2.33. The van der Waals surface area contributed by atoms with Gasteiger partial charge in [-0.3, -0.25) is 9.69 Å². The van der Waals surface area contributed by atoms with Crippen LogP contribution in [0.5, 0.6) is 0 Å². The van der Waals surface area contributed by atoms with Crippen molar-refractivity contribution in [2.75, 3.05) is 13.1 Å². The number of carbonyl (C=O) groups is 1. The number of rotatable bonds is 5. The van der Waals surface area contributed by atoms with E-state index in [9.17, 15) is 4.79 Å². The third-order valence-electron chi connectivity index (χ3n) is 5.83. The standard InChI is InChI=1S/C21H23N5OS/c27-21(22-9-15-4-2-1-3-5-15)20-24-23-19-8-17-11-25(10-16-6-7-28-14-16)12-18(17)13-26(19)20/h1-7,14,17-18H,8-13H2,(H,22,27)/t17-,18-/m0/s1. The van der Waals surface area contributed by atoms with E-state index in [-0.39, 0.29) is 5.91 Å². The van der Waals surface area contributed by atoms with Gasteiger partial charge in [-0.05, 0) is 39.8 Å². The monoisotopic (exact) mass is 393 g/mol. The predicted molar refractivity (Wildman–Crippen MR) is 108 cm³/mol. The van der Waals surface area contributed by atoms with Crippen molar-refractivity contribution in [3.05, 3.63) is 69.9 Å². The lowest BCUT2D eigenvalue weighted by molar-refractivity contribution is 0.0932. The van der Waals surface area contributed by atoms with Crippen LogP contribution in [0.15, 0.2) is 47.2 Å². The minimum atomic E-state index is -0.144. The second-order valence-electron chi connectivity index (χ2n) is 7.77. The molecule has 1 N–H and O–H groups in total. The molecule has 2 atom stereocenters. The molecule has 1 amide bonds. The van der Waals surface area contributed by atoms with Gasteiger partial charge in [0.2, 0.25) is 5.82 Å². The second-order valence-corrected chi connectivity index (χ2v) is 8.55. The van der Waals surface area contributed by atoms with Gasteiger partial charge in [0.05, 0.1) is 0 Å². The van der Waals surface area contributed by atoms with Crippen molar-refractivity contribution in [2.45, 2.75) is 26.1 Å². The van der Waals surface area contributed by atoms with Gasteiger partial charge in [0.1, 0.15) is 5.82 Å². The van der Waals surface area contributed by atoms with Crippen LogP contribution >= 0.6 is 11.3 Å². The van der Waals surface area contributed by atoms with Crippen molar-refractivity contribution in [1.82, 2.24) is 25.0 Å². The van der Waals surface area contributed by atoms with Gasteiger partial charge in [-0.15, -0.1) is 10.2 Å². The molecule has 2 aliphatic heterocycles. The molecule has 0 bridgehead atoms. The number of likely N-dealkylation sites (tertiary alicyclic amines) is 1. The quantitative estimate of drug-likeness (QED) is 0.724. The lowest BCUT2D eigenvalue weighted by Gasteiger charge is -2.25. The van der Waals surface area contributed by atoms with Crippen LogP contribution in [0.25, 0.3) is 0 Å². The molecule has 7 heteroatoms. The Kier molecular flexibility index (Phi) is 4.70. The van der Waals surface area contributed by atoms with E-state index in [0.29, 0.717) is 24.2 Å². The number of nitrogens with zero attached hydrogens (tertiary/aromatic N) is 4. The van der Waals surface area contributed by atoms with Crippen molar-refractivity contribution in [3.8, 4) is 0 Å². The summed E-state index contributed by atoms with van der Waals surface area (Å²) in [7, 11) is 0. The van der Waals surface area contributed by atoms with Crippen LogP contribution in [-0.4, -0.2) is 38.7 Å². The molecule has 0 spiro atoms. The van der Waals surface area contributed by atoms with Gasteiger partial charge in [0.25, 0.3) is 5.91 Å². The van der Waals surface area contributed by atoms with Crippen LogP contribution in [0.2, 0.25) is 0 Å². The van der Waals surface area contributed by atoms with Crippen LogP contribution < -0.4 is 5.32 Å². The fraction of sp³-hybridized carbons (Fsp3) is 0.381. The smallest absolute Gasteiger partial charge is 0.289 e. The highest BCUT2D eigenvalue weighted by atomic mass is 32.1. The van der Waals surface area contributed by atoms with Gasteiger partial charge in [-0.25, -0.2) is 0 Å². The van der Waals surface area contributed by atoms with E-state index in [2.05, 4.69) is 37.2 Å². The zero-order chi connectivity index (χ0) is 18.9. The molecule has 0 unspecified atom stereocenters. The minimum Gasteiger partial charge on any atom is -0.345 e. The molecule has 3 aromatic rings. The van der Waals surface area contributed by atoms with E-state index in [1.807, 2.05) is 34.9 Å². The molecular weight excluding hydrogens is 370 g/mol. The molecular formula is C21H23N5OS. The van der Waals surface area contributed by atoms with Crippen LogP contribution in [0.3, 0.4) is 0 Å². The van der Waals surface area contributed by atoms with E-state index in [1.165, 1.54) is 5.56 Å². The Balaban J connectivity index is 1.25. The highest BCUT2D eigenvalue weighted by Gasteiger charge is 2.39. The second kappa shape index (κ2) is 7.48. The zero-order valence-corrected chi connectivity index (χ0v) is 16.4. The van der Waals surface area contributed by atoms with Crippen molar-refractivity contribution < 1.29 is 4.79 Å². The van der Waals surface area contributed by atoms with E-state index < -0.39 is 0 Å². The first-order chi connectivity index (χ1) is 13.8. The first-order valence-electron chi connectivity index (χ1n) is 9.74. The summed E-state index contributed by atoms with van der Waals surface area (Å²) in [6, 6.07) is 12.1. The van der Waals surface area contributed by atoms with Crippen LogP contribution in [0.4, 0.5) is 0 Å². The molecule has 144 valence electrons. The summed E-state index contributed by atoms with van der Waals surface area (Å²) in [6.45, 7) is 4.52. The molecule has 2 aromatic heterocycles. The summed E-state index contributed by atoms with van der Waals surface area (Å²) in [6.07, 6.45) is 0.907. The molecule has 0 radical (unpaired) electrons. The van der Waals surface area contributed by atoms with Gasteiger partial charge in [-0.2, -0.15) is 11.3 Å². The third kappa shape index (κ3) is 3.47. The lowest BCUT2D eigenvalue weighted by Crippen LogP contribution is -2.32. The molecule has 0 saturated carbocycles. The van der Waals surface area contributed by atoms with Gasteiger partial charge in [0.15, 0.2) is 0 Å². The summed E-state index contributed by atoms with van der Waals surface area (Å²) in [4.78, 5) is 15.2. The number of amides is 1. The average Bonchev–Trinajstić information content (AvgIpc) is 3.44. The molecule has 1 saturated heterocycles. The maximum atomic E-state index is 12.7. The number of thiophene rings is 1. The van der Waals surface area contributed by atoms with Crippen molar-refractivity contribution >= 4 is 17.2 Å². The largest absolute Gasteiger partial charge is 0.345 e. The van der Waals surface area contributed by atoms with Crippen molar-refractivity contribution in [2.24, 2.45) is 11.8 Å². The molecule has 5 rings (SSSR count). The zero-order valence-electron chi connectivity index (χ0n) is 15.6. The minimum absolute atomic E-state index is 0.144. The Morgan fingerprint density at radius 1 is 1.07 bits per heavy atom. The SMILES string of the molecule is O=C(NCc1ccccc1)c1nnc2n1C[C@@H]1CN(Cc3ccsc3)C[C@@H]1C2. The van der Waals surface area contributed by atoms with Crippen LogP contribution in [0.1, 0.15) is 27.6 Å². The number of hydrogen-bond donors (Lipinski definition) is 1. The lowest BCUT2D eigenvalue weighted by atomic mass is 9.89. The first kappa shape index (κ1) is 17.6. The van der Waals surface area contributed by atoms with E-state index in [1.54, 1.807) is 11.3 Å². The maximum Gasteiger partial charge on any atom is 0.289 e. The number of benzene rings is 1. The van der Waals surface area contributed by atoms with Gasteiger partial charge >= 0.3 is 0 Å². The first-order valence-corrected chi connectivity index (χ1v) is 10.7. The number of aromatic nitrogens is 3. The Bertz CT molecular complexity index is 953. The van der Waals surface area contributed by atoms with Gasteiger partial charge in [0, 0.05) is 39.1 Å². The molecule has 1 aromatic carbocycles. The normalized spacial score (nSPS) is 21.3. The Morgan fingerprint density at radius 3 is 2.75 bits per heavy atom. The Labute approximate surface area is 168 Å². The number of fused-ring (bicyclic) bond motifs is 2. The Hall–Kier alpha value is -2.51. The summed E-state index contributed by atoms with van der Waals surface area (Å²) in [5, 5.41) is 15.9. The molecule has 28 heavy (non-hydrogen) atoms. The fourth-order valence-electron chi connectivity index (χ4n) is 4.42. The van der Waals surface area contributed by atoms with Crippen LogP contribution in [0, 0.1) is 11.8 Å². The molecule has 6 nitrogen and oxygen atoms in total. The molecule has 4 heterocycles. The summed E-state index contributed by atoms with van der Waals surface area (Å²) >= 11 is 1.75. The van der Waals surface area contributed by atoms with Gasteiger partial charge in [-0.1, -0.05) is 30.3 Å². The van der Waals surface area contributed by atoms with E-state index in [0.717, 1.165) is 44.0 Å². The average molecular weight is 394 g/mol. The molecule has 0 aliphatic carbocycles. The number of carbonyl (C=O) groups excluding carboxylic acids is 1. The highest BCUT2D eigenvalue weighted by molar-refractivity contribution is 7.07. The topological polar surface area (TPSA) is 63.1 Å². The Morgan fingerprint density at radius 2 is 1.93 bits per heavy atom. The van der Waals surface area contributed by atoms with Crippen molar-refractivity contribution in [3.63, 3.8) is 0 Å². The molecule has 1 fully saturated rings. The van der Waals surface area contributed by atoms with Crippen molar-refractivity contribution in [1.29, 1.82) is 0 Å². The predicted octanol–water partition coefficient (Wildman–Crippen LogP) is 2.57. The van der Waals surface area contributed by atoms with E-state index >= 15 is 0 Å². The summed E-state index contributed by atoms with van der Waals surface area (Å²) in [5.74, 6) is 2.41. The number of hydrogen-bond acceptors (Lipinski definition) is 5.